The molecule has 0 rings (SSSR count). The van der Waals surface area contributed by atoms with Gasteiger partial charge in [-0.1, -0.05) is 64.7 Å². The first kappa shape index (κ1) is 23.6. The van der Waals surface area contributed by atoms with Crippen LogP contribution in [-0.2, 0) is 9.59 Å². The number of ketones is 1. The highest BCUT2D eigenvalue weighted by atomic mass is 16.4. The zero-order valence-corrected chi connectivity index (χ0v) is 15.8. The maximum atomic E-state index is 12.1. The molecule has 5 nitrogen and oxygen atoms in total. The largest absolute Gasteiger partial charge is 0.511 e. The summed E-state index contributed by atoms with van der Waals surface area (Å²) in [6, 6.07) is 0. The molecule has 0 aliphatic rings. The van der Waals surface area contributed by atoms with Crippen LogP contribution in [0.25, 0.3) is 0 Å². The fraction of sp³-hybridized carbons (Fsp3) is 0.800. The second-order valence-electron chi connectivity index (χ2n) is 6.66. The Kier molecular flexibility index (Phi) is 15.2. The molecule has 25 heavy (non-hydrogen) atoms. The summed E-state index contributed by atoms with van der Waals surface area (Å²) in [6.07, 6.45) is 12.0. The van der Waals surface area contributed by atoms with Crippen LogP contribution in [0.3, 0.4) is 0 Å². The Labute approximate surface area is 152 Å². The minimum atomic E-state index is -1.32. The molecule has 0 amide bonds. The molecule has 0 aromatic heterocycles. The molecule has 0 heterocycles. The lowest BCUT2D eigenvalue weighted by molar-refractivity contribution is -0.135. The normalized spacial score (nSPS) is 12.1. The van der Waals surface area contributed by atoms with Gasteiger partial charge in [0.15, 0.2) is 5.78 Å². The van der Waals surface area contributed by atoms with Crippen molar-refractivity contribution in [3.05, 3.63) is 11.3 Å². The average Bonchev–Trinajstić information content (AvgIpc) is 2.57. The first-order valence-corrected chi connectivity index (χ1v) is 9.84. The molecule has 0 aromatic carbocycles. The van der Waals surface area contributed by atoms with E-state index in [9.17, 15) is 19.8 Å². The first-order valence-electron chi connectivity index (χ1n) is 9.84. The minimum Gasteiger partial charge on any atom is -0.511 e. The summed E-state index contributed by atoms with van der Waals surface area (Å²) < 4.78 is 0. The maximum absolute atomic E-state index is 12.1. The van der Waals surface area contributed by atoms with Crippen LogP contribution in [0.15, 0.2) is 11.3 Å². The molecule has 0 bridgehead atoms. The van der Waals surface area contributed by atoms with Gasteiger partial charge in [0, 0.05) is 19.4 Å². The summed E-state index contributed by atoms with van der Waals surface area (Å²) in [7, 11) is 0. The number of rotatable bonds is 17. The molecule has 0 aromatic rings. The van der Waals surface area contributed by atoms with Gasteiger partial charge in [-0.3, -0.25) is 4.79 Å². The van der Waals surface area contributed by atoms with Crippen LogP contribution in [0.4, 0.5) is 0 Å². The highest BCUT2D eigenvalue weighted by Crippen LogP contribution is 2.17. The summed E-state index contributed by atoms with van der Waals surface area (Å²) in [5.74, 6) is -2.04. The van der Waals surface area contributed by atoms with E-state index >= 15 is 0 Å². The molecule has 0 radical (unpaired) electrons. The average molecular weight is 357 g/mol. The van der Waals surface area contributed by atoms with E-state index in [1.165, 1.54) is 0 Å². The summed E-state index contributed by atoms with van der Waals surface area (Å²) in [5, 5.41) is 27.9. The summed E-state index contributed by atoms with van der Waals surface area (Å²) >= 11 is 0. The molecule has 0 saturated carbocycles. The van der Waals surface area contributed by atoms with E-state index in [1.807, 2.05) is 0 Å². The van der Waals surface area contributed by atoms with Gasteiger partial charge in [0.1, 0.15) is 11.3 Å². The van der Waals surface area contributed by atoms with E-state index in [2.05, 4.69) is 6.92 Å². The smallest absolute Gasteiger partial charge is 0.342 e. The molecule has 0 saturated heterocycles. The number of carbonyl (C=O) groups excluding carboxylic acids is 1. The lowest BCUT2D eigenvalue weighted by Gasteiger charge is -2.07. The van der Waals surface area contributed by atoms with E-state index < -0.39 is 17.3 Å². The number of carboxylic acids is 1. The summed E-state index contributed by atoms with van der Waals surface area (Å²) in [5.41, 5.74) is -0.418. The SMILES string of the molecule is CCCCCCCC(O)=C(C(=O)O)C(=O)CCCCCCCCCO. The molecule has 0 atom stereocenters. The van der Waals surface area contributed by atoms with E-state index in [1.54, 1.807) is 0 Å². The predicted molar refractivity (Wildman–Crippen MR) is 99.7 cm³/mol. The topological polar surface area (TPSA) is 94.8 Å². The molecular formula is C20H36O5. The van der Waals surface area contributed by atoms with Crippen molar-refractivity contribution < 1.29 is 24.9 Å². The zero-order valence-electron chi connectivity index (χ0n) is 15.8. The second-order valence-corrected chi connectivity index (χ2v) is 6.66. The number of aliphatic hydroxyl groups excluding tert-OH is 2. The third-order valence-electron chi connectivity index (χ3n) is 4.36. The highest BCUT2D eigenvalue weighted by molar-refractivity contribution is 6.16. The van der Waals surface area contributed by atoms with Crippen LogP contribution < -0.4 is 0 Å². The fourth-order valence-electron chi connectivity index (χ4n) is 2.83. The molecule has 5 heteroatoms. The van der Waals surface area contributed by atoms with Gasteiger partial charge in [0.25, 0.3) is 0 Å². The van der Waals surface area contributed by atoms with Gasteiger partial charge in [-0.25, -0.2) is 4.79 Å². The molecule has 146 valence electrons. The molecule has 3 N–H and O–H groups in total. The Hall–Kier alpha value is -1.36. The van der Waals surface area contributed by atoms with Crippen molar-refractivity contribution in [1.29, 1.82) is 0 Å². The second kappa shape index (κ2) is 16.1. The van der Waals surface area contributed by atoms with Crippen LogP contribution in [0.1, 0.15) is 96.8 Å². The number of allylic oxidation sites excluding steroid dienone is 1. The zero-order chi connectivity index (χ0) is 18.9. The Morgan fingerprint density at radius 2 is 1.16 bits per heavy atom. The number of carbonyl (C=O) groups is 2. The Bertz CT molecular complexity index is 401. The quantitative estimate of drug-likeness (QED) is 0.113. The van der Waals surface area contributed by atoms with Gasteiger partial charge in [-0.05, 0) is 19.3 Å². The molecule has 0 aliphatic carbocycles. The van der Waals surface area contributed by atoms with Crippen molar-refractivity contribution in [2.24, 2.45) is 0 Å². The predicted octanol–water partition coefficient (Wildman–Crippen LogP) is 4.93. The van der Waals surface area contributed by atoms with Crippen molar-refractivity contribution in [2.45, 2.75) is 96.8 Å². The summed E-state index contributed by atoms with van der Waals surface area (Å²) in [4.78, 5) is 23.4. The summed E-state index contributed by atoms with van der Waals surface area (Å²) in [6.45, 7) is 2.36. The highest BCUT2D eigenvalue weighted by Gasteiger charge is 2.21. The van der Waals surface area contributed by atoms with E-state index in [-0.39, 0.29) is 25.2 Å². The fourth-order valence-corrected chi connectivity index (χ4v) is 2.83. The van der Waals surface area contributed by atoms with E-state index in [0.29, 0.717) is 12.8 Å². The van der Waals surface area contributed by atoms with Gasteiger partial charge >= 0.3 is 5.97 Å². The van der Waals surface area contributed by atoms with Crippen LogP contribution >= 0.6 is 0 Å². The monoisotopic (exact) mass is 356 g/mol. The number of Topliss-reactive ketones (excluding diaryl/α,β-unsaturated/α-hetero) is 1. The standard InChI is InChI=1S/C20H36O5/c1-2-3-4-8-11-14-17(22)19(20(24)25)18(23)15-12-9-6-5-7-10-13-16-21/h21-22H,2-16H2,1H3,(H,24,25). The van der Waals surface area contributed by atoms with Crippen LogP contribution in [0, 0.1) is 0 Å². The van der Waals surface area contributed by atoms with Crippen LogP contribution in [0.2, 0.25) is 0 Å². The van der Waals surface area contributed by atoms with Crippen molar-refractivity contribution >= 4 is 11.8 Å². The Morgan fingerprint density at radius 1 is 0.680 bits per heavy atom. The van der Waals surface area contributed by atoms with Crippen molar-refractivity contribution in [1.82, 2.24) is 0 Å². The Balaban J connectivity index is 4.13. The number of hydrogen-bond acceptors (Lipinski definition) is 4. The lowest BCUT2D eigenvalue weighted by atomic mass is 10.00. The number of aliphatic carboxylic acids is 1. The molecule has 0 fully saturated rings. The van der Waals surface area contributed by atoms with Gasteiger partial charge in [0.05, 0.1) is 0 Å². The molecule has 0 aliphatic heterocycles. The molecular weight excluding hydrogens is 320 g/mol. The van der Waals surface area contributed by atoms with Gasteiger partial charge in [-0.15, -0.1) is 0 Å². The molecule has 0 unspecified atom stereocenters. The lowest BCUT2D eigenvalue weighted by Crippen LogP contribution is -2.15. The van der Waals surface area contributed by atoms with Crippen LogP contribution in [0.5, 0.6) is 0 Å². The van der Waals surface area contributed by atoms with E-state index in [0.717, 1.165) is 64.2 Å². The van der Waals surface area contributed by atoms with Gasteiger partial charge in [0.2, 0.25) is 0 Å². The number of hydrogen-bond donors (Lipinski definition) is 3. The number of aliphatic hydroxyl groups is 2. The molecule has 0 spiro atoms. The van der Waals surface area contributed by atoms with Crippen molar-refractivity contribution in [2.75, 3.05) is 6.61 Å². The number of unbranched alkanes of at least 4 members (excludes halogenated alkanes) is 10. The van der Waals surface area contributed by atoms with Gasteiger partial charge < -0.3 is 15.3 Å². The van der Waals surface area contributed by atoms with Crippen LogP contribution in [-0.4, -0.2) is 33.7 Å². The van der Waals surface area contributed by atoms with E-state index in [4.69, 9.17) is 5.11 Å². The number of carboxylic acid groups (broad SMARTS) is 1. The minimum absolute atomic E-state index is 0.179. The van der Waals surface area contributed by atoms with Crippen molar-refractivity contribution in [3.63, 3.8) is 0 Å². The maximum Gasteiger partial charge on any atom is 0.342 e. The third-order valence-corrected chi connectivity index (χ3v) is 4.36. The third kappa shape index (κ3) is 12.6. The Morgan fingerprint density at radius 3 is 1.68 bits per heavy atom. The van der Waals surface area contributed by atoms with Crippen molar-refractivity contribution in [3.8, 4) is 0 Å². The first-order chi connectivity index (χ1) is 12.0. The van der Waals surface area contributed by atoms with Gasteiger partial charge in [-0.2, -0.15) is 0 Å².